The molecule has 0 aromatic heterocycles. The third kappa shape index (κ3) is 5.03. The molecule has 2 aromatic rings. The number of nitrogens with zero attached hydrogens (tertiary/aromatic N) is 1. The second-order valence-corrected chi connectivity index (χ2v) is 7.03. The number of hydrogen-bond donors (Lipinski definition) is 1. The molecule has 2 aromatic carbocycles. The molecular weight excluding hydrogens is 342 g/mol. The van der Waals surface area contributed by atoms with Crippen molar-refractivity contribution in [3.05, 3.63) is 59.7 Å². The van der Waals surface area contributed by atoms with Crippen molar-refractivity contribution in [3.63, 3.8) is 0 Å². The summed E-state index contributed by atoms with van der Waals surface area (Å²) in [5.41, 5.74) is 1.16. The fourth-order valence-electron chi connectivity index (χ4n) is 2.71. The molecule has 132 valence electrons. The number of thioether (sulfide) groups is 1. The molecular formula is C19H20F2N2OS. The van der Waals surface area contributed by atoms with Crippen LogP contribution in [0.2, 0.25) is 0 Å². The first-order chi connectivity index (χ1) is 12.0. The van der Waals surface area contributed by atoms with Crippen LogP contribution >= 0.6 is 11.8 Å². The normalized spacial score (nSPS) is 13.9. The predicted octanol–water partition coefficient (Wildman–Crippen LogP) is 4.29. The van der Waals surface area contributed by atoms with E-state index in [0.29, 0.717) is 12.1 Å². The van der Waals surface area contributed by atoms with E-state index in [-0.39, 0.29) is 18.5 Å². The van der Waals surface area contributed by atoms with Crippen molar-refractivity contribution in [1.29, 1.82) is 0 Å². The van der Waals surface area contributed by atoms with Crippen LogP contribution in [0.5, 0.6) is 0 Å². The van der Waals surface area contributed by atoms with E-state index in [1.54, 1.807) is 11.8 Å². The summed E-state index contributed by atoms with van der Waals surface area (Å²) in [5.74, 6) is -1.29. The maximum Gasteiger partial charge on any atom is 0.238 e. The van der Waals surface area contributed by atoms with Crippen molar-refractivity contribution >= 4 is 23.4 Å². The summed E-state index contributed by atoms with van der Waals surface area (Å²) in [6.45, 7) is 0.486. The Bertz CT molecular complexity index is 765. The van der Waals surface area contributed by atoms with Crippen LogP contribution in [-0.2, 0) is 11.3 Å². The molecule has 0 aliphatic heterocycles. The number of rotatable bonds is 7. The Labute approximate surface area is 150 Å². The minimum atomic E-state index is -0.592. The monoisotopic (exact) mass is 362 g/mol. The highest BCUT2D eigenvalue weighted by molar-refractivity contribution is 7.98. The van der Waals surface area contributed by atoms with Crippen molar-refractivity contribution in [2.45, 2.75) is 30.3 Å². The van der Waals surface area contributed by atoms with E-state index in [1.807, 2.05) is 35.4 Å². The van der Waals surface area contributed by atoms with Crippen LogP contribution < -0.4 is 5.32 Å². The van der Waals surface area contributed by atoms with Crippen LogP contribution in [0.1, 0.15) is 18.4 Å². The van der Waals surface area contributed by atoms with Gasteiger partial charge in [-0.25, -0.2) is 8.78 Å². The molecule has 0 atom stereocenters. The predicted molar refractivity (Wildman–Crippen MR) is 96.6 cm³/mol. The molecule has 0 heterocycles. The number of carbonyl (C=O) groups is 1. The zero-order valence-electron chi connectivity index (χ0n) is 14.0. The third-order valence-corrected chi connectivity index (χ3v) is 4.88. The molecule has 1 fully saturated rings. The third-order valence-electron chi connectivity index (χ3n) is 4.15. The van der Waals surface area contributed by atoms with E-state index in [2.05, 4.69) is 5.32 Å². The van der Waals surface area contributed by atoms with Crippen molar-refractivity contribution in [2.75, 3.05) is 18.1 Å². The van der Waals surface area contributed by atoms with Gasteiger partial charge in [0.15, 0.2) is 0 Å². The Hall–Kier alpha value is -1.92. The minimum Gasteiger partial charge on any atom is -0.325 e. The zero-order chi connectivity index (χ0) is 17.8. The van der Waals surface area contributed by atoms with Crippen molar-refractivity contribution in [1.82, 2.24) is 4.90 Å². The summed E-state index contributed by atoms with van der Waals surface area (Å²) in [6, 6.07) is 11.5. The van der Waals surface area contributed by atoms with Crippen LogP contribution in [0.25, 0.3) is 0 Å². The Balaban J connectivity index is 1.64. The highest BCUT2D eigenvalue weighted by Crippen LogP contribution is 2.29. The standard InChI is InChI=1S/C19H20F2N2OS/c1-25-17-4-2-3-15(10-17)22-19(24)12-23(16-7-8-16)11-13-5-6-14(20)9-18(13)21/h2-6,9-10,16H,7-8,11-12H2,1H3,(H,22,24). The van der Waals surface area contributed by atoms with Gasteiger partial charge >= 0.3 is 0 Å². The molecule has 1 N–H and O–H groups in total. The van der Waals surface area contributed by atoms with Crippen LogP contribution in [0.4, 0.5) is 14.5 Å². The second kappa shape index (κ2) is 7.97. The van der Waals surface area contributed by atoms with Gasteiger partial charge in [-0.2, -0.15) is 0 Å². The Morgan fingerprint density at radius 1 is 1.24 bits per heavy atom. The first-order valence-electron chi connectivity index (χ1n) is 8.17. The lowest BCUT2D eigenvalue weighted by molar-refractivity contribution is -0.117. The number of halogens is 2. The molecule has 3 rings (SSSR count). The molecule has 1 amide bonds. The van der Waals surface area contributed by atoms with Crippen LogP contribution in [0.15, 0.2) is 47.4 Å². The summed E-state index contributed by atoms with van der Waals surface area (Å²) in [6.07, 6.45) is 3.98. The Kier molecular flexibility index (Phi) is 5.71. The molecule has 1 saturated carbocycles. The fourth-order valence-corrected chi connectivity index (χ4v) is 3.17. The zero-order valence-corrected chi connectivity index (χ0v) is 14.8. The number of hydrogen-bond acceptors (Lipinski definition) is 3. The first kappa shape index (κ1) is 17.9. The quantitative estimate of drug-likeness (QED) is 0.746. The van der Waals surface area contributed by atoms with Gasteiger partial charge in [-0.3, -0.25) is 9.69 Å². The maximum atomic E-state index is 13.9. The summed E-state index contributed by atoms with van der Waals surface area (Å²) in [7, 11) is 0. The summed E-state index contributed by atoms with van der Waals surface area (Å²) in [5, 5.41) is 2.89. The summed E-state index contributed by atoms with van der Waals surface area (Å²) in [4.78, 5) is 15.4. The van der Waals surface area contributed by atoms with Crippen molar-refractivity contribution in [3.8, 4) is 0 Å². The summed E-state index contributed by atoms with van der Waals surface area (Å²) >= 11 is 1.61. The molecule has 0 bridgehead atoms. The maximum absolute atomic E-state index is 13.9. The van der Waals surface area contributed by atoms with Gasteiger partial charge in [-0.1, -0.05) is 12.1 Å². The Morgan fingerprint density at radius 2 is 2.04 bits per heavy atom. The van der Waals surface area contributed by atoms with E-state index >= 15 is 0 Å². The van der Waals surface area contributed by atoms with Crippen LogP contribution in [-0.4, -0.2) is 29.6 Å². The van der Waals surface area contributed by atoms with Crippen LogP contribution in [0.3, 0.4) is 0 Å². The molecule has 25 heavy (non-hydrogen) atoms. The smallest absolute Gasteiger partial charge is 0.238 e. The van der Waals surface area contributed by atoms with E-state index in [9.17, 15) is 13.6 Å². The van der Waals surface area contributed by atoms with Gasteiger partial charge in [-0.05, 0) is 43.4 Å². The number of carbonyl (C=O) groups excluding carboxylic acids is 1. The lowest BCUT2D eigenvalue weighted by Crippen LogP contribution is -2.34. The fraction of sp³-hybridized carbons (Fsp3) is 0.316. The lowest BCUT2D eigenvalue weighted by atomic mass is 10.2. The van der Waals surface area contributed by atoms with Crippen molar-refractivity contribution < 1.29 is 13.6 Å². The van der Waals surface area contributed by atoms with E-state index in [4.69, 9.17) is 0 Å². The van der Waals surface area contributed by atoms with Crippen molar-refractivity contribution in [2.24, 2.45) is 0 Å². The largest absolute Gasteiger partial charge is 0.325 e. The van der Waals surface area contributed by atoms with E-state index in [0.717, 1.165) is 29.5 Å². The molecule has 0 radical (unpaired) electrons. The van der Waals surface area contributed by atoms with Gasteiger partial charge in [0.05, 0.1) is 6.54 Å². The highest BCUT2D eigenvalue weighted by Gasteiger charge is 2.30. The minimum absolute atomic E-state index is 0.132. The number of amides is 1. The van der Waals surface area contributed by atoms with Gasteiger partial charge in [0.25, 0.3) is 0 Å². The first-order valence-corrected chi connectivity index (χ1v) is 9.39. The molecule has 6 heteroatoms. The summed E-state index contributed by atoms with van der Waals surface area (Å²) < 4.78 is 26.9. The molecule has 0 saturated heterocycles. The van der Waals surface area contributed by atoms with Gasteiger partial charge < -0.3 is 5.32 Å². The molecule has 1 aliphatic carbocycles. The van der Waals surface area contributed by atoms with Gasteiger partial charge in [0, 0.05) is 34.8 Å². The molecule has 0 unspecified atom stereocenters. The van der Waals surface area contributed by atoms with E-state index in [1.165, 1.54) is 12.1 Å². The number of benzene rings is 2. The highest BCUT2D eigenvalue weighted by atomic mass is 32.2. The van der Waals surface area contributed by atoms with E-state index < -0.39 is 11.6 Å². The topological polar surface area (TPSA) is 32.3 Å². The Morgan fingerprint density at radius 3 is 2.72 bits per heavy atom. The second-order valence-electron chi connectivity index (χ2n) is 6.15. The lowest BCUT2D eigenvalue weighted by Gasteiger charge is -2.22. The number of anilines is 1. The SMILES string of the molecule is CSc1cccc(NC(=O)CN(Cc2ccc(F)cc2F)C2CC2)c1. The molecule has 1 aliphatic rings. The molecule has 3 nitrogen and oxygen atoms in total. The van der Waals surface area contributed by atoms with Gasteiger partial charge in [0.1, 0.15) is 11.6 Å². The average molecular weight is 362 g/mol. The molecule has 0 spiro atoms. The van der Waals surface area contributed by atoms with Crippen LogP contribution in [0, 0.1) is 11.6 Å². The number of nitrogens with one attached hydrogen (secondary N) is 1. The van der Waals surface area contributed by atoms with Gasteiger partial charge in [0.2, 0.25) is 5.91 Å². The average Bonchev–Trinajstić information content (AvgIpc) is 3.41. The van der Waals surface area contributed by atoms with Gasteiger partial charge in [-0.15, -0.1) is 11.8 Å².